The van der Waals surface area contributed by atoms with Gasteiger partial charge in [-0.1, -0.05) is 0 Å². The maximum atomic E-state index is 11.7. The van der Waals surface area contributed by atoms with Crippen molar-refractivity contribution < 1.29 is 23.9 Å². The molecule has 0 aromatic heterocycles. The number of benzene rings is 2. The fourth-order valence-electron chi connectivity index (χ4n) is 2.19. The molecule has 0 fully saturated rings. The maximum absolute atomic E-state index is 11.7. The van der Waals surface area contributed by atoms with E-state index >= 15 is 0 Å². The van der Waals surface area contributed by atoms with Gasteiger partial charge in [0.1, 0.15) is 11.2 Å². The summed E-state index contributed by atoms with van der Waals surface area (Å²) in [6.07, 6.45) is 0. The van der Waals surface area contributed by atoms with Crippen molar-refractivity contribution in [1.29, 1.82) is 0 Å². The highest BCUT2D eigenvalue weighted by molar-refractivity contribution is 5.92. The Kier molecular flexibility index (Phi) is 8.79. The quantitative estimate of drug-likeness (QED) is 0.536. The Morgan fingerprint density at radius 2 is 1.06 bits per heavy atom. The second kappa shape index (κ2) is 10.6. The Morgan fingerprint density at radius 3 is 1.39 bits per heavy atom. The average Bonchev–Trinajstić information content (AvgIpc) is 2.60. The van der Waals surface area contributed by atoms with Gasteiger partial charge in [0.15, 0.2) is 0 Å². The van der Waals surface area contributed by atoms with E-state index in [1.807, 2.05) is 41.5 Å². The Hall–Kier alpha value is -3.35. The molecule has 7 nitrogen and oxygen atoms in total. The largest absolute Gasteiger partial charge is 0.456 e. The summed E-state index contributed by atoms with van der Waals surface area (Å²) in [5, 5.41) is 2.63. The number of hydrogen-bond donors (Lipinski definition) is 2. The van der Waals surface area contributed by atoms with Crippen LogP contribution in [0.1, 0.15) is 69.2 Å². The van der Waals surface area contributed by atoms with Gasteiger partial charge in [0.2, 0.25) is 5.91 Å². The number of nitrogen functional groups attached to an aromatic ring is 1. The lowest BCUT2D eigenvalue weighted by atomic mass is 10.1. The van der Waals surface area contributed by atoms with Gasteiger partial charge in [-0.05, 0) is 90.1 Å². The molecule has 0 aliphatic rings. The zero-order valence-corrected chi connectivity index (χ0v) is 19.2. The van der Waals surface area contributed by atoms with Crippen LogP contribution in [0.5, 0.6) is 0 Å². The summed E-state index contributed by atoms with van der Waals surface area (Å²) in [7, 11) is 0. The van der Waals surface area contributed by atoms with E-state index in [9.17, 15) is 14.4 Å². The number of nitrogens with two attached hydrogens (primary N) is 1. The smallest absolute Gasteiger partial charge is 0.338 e. The van der Waals surface area contributed by atoms with Gasteiger partial charge in [-0.2, -0.15) is 0 Å². The van der Waals surface area contributed by atoms with Crippen molar-refractivity contribution >= 4 is 29.2 Å². The molecule has 0 radical (unpaired) electrons. The Balaban J connectivity index is 0.000000316. The molecule has 31 heavy (non-hydrogen) atoms. The molecule has 0 atom stereocenters. The topological polar surface area (TPSA) is 108 Å². The number of hydrogen-bond acceptors (Lipinski definition) is 6. The van der Waals surface area contributed by atoms with Crippen LogP contribution >= 0.6 is 0 Å². The first-order valence-electron chi connectivity index (χ1n) is 9.86. The molecule has 0 aliphatic heterocycles. The first-order valence-corrected chi connectivity index (χ1v) is 9.86. The van der Waals surface area contributed by atoms with Gasteiger partial charge in [0.05, 0.1) is 11.1 Å². The maximum Gasteiger partial charge on any atom is 0.338 e. The molecule has 7 heteroatoms. The average molecular weight is 429 g/mol. The minimum Gasteiger partial charge on any atom is -0.456 e. The molecule has 0 unspecified atom stereocenters. The van der Waals surface area contributed by atoms with E-state index in [0.29, 0.717) is 22.5 Å². The summed E-state index contributed by atoms with van der Waals surface area (Å²) < 4.78 is 10.4. The van der Waals surface area contributed by atoms with Gasteiger partial charge < -0.3 is 20.5 Å². The van der Waals surface area contributed by atoms with Gasteiger partial charge in [-0.25, -0.2) is 9.59 Å². The van der Waals surface area contributed by atoms with Crippen LogP contribution in [0.15, 0.2) is 48.5 Å². The minimum absolute atomic E-state index is 0.144. The van der Waals surface area contributed by atoms with Gasteiger partial charge >= 0.3 is 11.9 Å². The summed E-state index contributed by atoms with van der Waals surface area (Å²) in [5.74, 6) is -0.834. The minimum atomic E-state index is -0.507. The number of ether oxygens (including phenoxy) is 2. The van der Waals surface area contributed by atoms with Crippen molar-refractivity contribution in [3.63, 3.8) is 0 Å². The molecular weight excluding hydrogens is 396 g/mol. The number of rotatable bonds is 3. The third-order valence-corrected chi connectivity index (χ3v) is 3.39. The normalized spacial score (nSPS) is 10.9. The molecule has 0 spiro atoms. The van der Waals surface area contributed by atoms with Crippen LogP contribution in [0.25, 0.3) is 0 Å². The van der Waals surface area contributed by atoms with E-state index < -0.39 is 11.2 Å². The molecule has 0 aliphatic carbocycles. The zero-order chi connectivity index (χ0) is 23.8. The van der Waals surface area contributed by atoms with E-state index in [4.69, 9.17) is 15.2 Å². The van der Waals surface area contributed by atoms with Gasteiger partial charge in [0.25, 0.3) is 0 Å². The van der Waals surface area contributed by atoms with Crippen LogP contribution in [0.2, 0.25) is 0 Å². The summed E-state index contributed by atoms with van der Waals surface area (Å²) in [5.41, 5.74) is 6.82. The van der Waals surface area contributed by atoms with E-state index in [1.54, 1.807) is 48.5 Å². The molecular formula is C24H32N2O5. The first kappa shape index (κ1) is 25.7. The standard InChI is InChI=1S/C13H17NO3.C11H15NO2/c1-9(15)14-11-7-5-10(6-8-11)12(16)17-13(2,3)4;1-11(2,3)14-10(13)8-4-6-9(12)7-5-8/h5-8H,1-4H3,(H,14,15);4-7H,12H2,1-3H3. The predicted molar refractivity (Wildman–Crippen MR) is 122 cm³/mol. The van der Waals surface area contributed by atoms with Crippen molar-refractivity contribution in [2.24, 2.45) is 0 Å². The molecule has 0 heterocycles. The summed E-state index contributed by atoms with van der Waals surface area (Å²) in [4.78, 5) is 34.0. The first-order chi connectivity index (χ1) is 14.2. The number of carbonyl (C=O) groups is 3. The Morgan fingerprint density at radius 1 is 0.710 bits per heavy atom. The third kappa shape index (κ3) is 10.8. The summed E-state index contributed by atoms with van der Waals surface area (Å²) in [6.45, 7) is 12.4. The van der Waals surface area contributed by atoms with Crippen LogP contribution in [0.4, 0.5) is 11.4 Å². The van der Waals surface area contributed by atoms with Crippen molar-refractivity contribution in [3.05, 3.63) is 59.7 Å². The van der Waals surface area contributed by atoms with E-state index in [0.717, 1.165) is 0 Å². The van der Waals surface area contributed by atoms with E-state index in [-0.39, 0.29) is 17.8 Å². The number of nitrogens with one attached hydrogen (secondary N) is 1. The lowest BCUT2D eigenvalue weighted by molar-refractivity contribution is -0.114. The van der Waals surface area contributed by atoms with Gasteiger partial charge in [0, 0.05) is 18.3 Å². The number of anilines is 2. The summed E-state index contributed by atoms with van der Waals surface area (Å²) >= 11 is 0. The number of carbonyl (C=O) groups excluding carboxylic acids is 3. The molecule has 0 saturated heterocycles. The molecule has 168 valence electrons. The molecule has 3 N–H and O–H groups in total. The molecule has 1 amide bonds. The molecule has 2 aromatic carbocycles. The number of amides is 1. The van der Waals surface area contributed by atoms with Crippen molar-refractivity contribution in [2.45, 2.75) is 59.7 Å². The highest BCUT2D eigenvalue weighted by Gasteiger charge is 2.18. The van der Waals surface area contributed by atoms with Crippen molar-refractivity contribution in [3.8, 4) is 0 Å². The fourth-order valence-corrected chi connectivity index (χ4v) is 2.19. The Bertz CT molecular complexity index is 890. The highest BCUT2D eigenvalue weighted by Crippen LogP contribution is 2.15. The van der Waals surface area contributed by atoms with Gasteiger partial charge in [-0.15, -0.1) is 0 Å². The lowest BCUT2D eigenvalue weighted by Gasteiger charge is -2.19. The van der Waals surface area contributed by atoms with Crippen LogP contribution in [-0.4, -0.2) is 29.0 Å². The lowest BCUT2D eigenvalue weighted by Crippen LogP contribution is -2.23. The Labute approximate surface area is 183 Å². The van der Waals surface area contributed by atoms with Crippen molar-refractivity contribution in [2.75, 3.05) is 11.1 Å². The second-order valence-electron chi connectivity index (χ2n) is 8.88. The monoisotopic (exact) mass is 428 g/mol. The van der Waals surface area contributed by atoms with Crippen LogP contribution in [0.3, 0.4) is 0 Å². The zero-order valence-electron chi connectivity index (χ0n) is 19.2. The van der Waals surface area contributed by atoms with Crippen LogP contribution < -0.4 is 11.1 Å². The van der Waals surface area contributed by atoms with Crippen LogP contribution in [0, 0.1) is 0 Å². The predicted octanol–water partition coefficient (Wildman–Crippen LogP) is 4.82. The van der Waals surface area contributed by atoms with E-state index in [1.165, 1.54) is 6.92 Å². The summed E-state index contributed by atoms with van der Waals surface area (Å²) in [6, 6.07) is 13.3. The second-order valence-corrected chi connectivity index (χ2v) is 8.88. The van der Waals surface area contributed by atoms with Gasteiger partial charge in [-0.3, -0.25) is 4.79 Å². The SMILES string of the molecule is CC(=O)Nc1ccc(C(=O)OC(C)(C)C)cc1.CC(C)(C)OC(=O)c1ccc(N)cc1. The third-order valence-electron chi connectivity index (χ3n) is 3.39. The number of esters is 2. The van der Waals surface area contributed by atoms with Crippen molar-refractivity contribution in [1.82, 2.24) is 0 Å². The fraction of sp³-hybridized carbons (Fsp3) is 0.375. The van der Waals surface area contributed by atoms with Crippen LogP contribution in [-0.2, 0) is 14.3 Å². The van der Waals surface area contributed by atoms with E-state index in [2.05, 4.69) is 5.32 Å². The molecule has 2 aromatic rings. The molecule has 2 rings (SSSR count). The highest BCUT2D eigenvalue weighted by atomic mass is 16.6. The molecule has 0 saturated carbocycles. The molecule has 0 bridgehead atoms.